The number of hydrogen-bond donors (Lipinski definition) is 1. The molecule has 2 aromatic rings. The maximum absolute atomic E-state index is 12.9. The summed E-state index contributed by atoms with van der Waals surface area (Å²) in [5, 5.41) is 2.97. The number of furan rings is 1. The quantitative estimate of drug-likeness (QED) is 0.830. The number of nitrogens with zero attached hydrogens (tertiary/aromatic N) is 2. The molecule has 6 heteroatoms. The third-order valence-electron chi connectivity index (χ3n) is 5.74. The Labute approximate surface area is 166 Å². The van der Waals surface area contributed by atoms with E-state index in [0.29, 0.717) is 23.6 Å². The molecule has 1 saturated carbocycles. The van der Waals surface area contributed by atoms with E-state index >= 15 is 0 Å². The Morgan fingerprint density at radius 1 is 1.21 bits per heavy atom. The van der Waals surface area contributed by atoms with Gasteiger partial charge in [0.2, 0.25) is 0 Å². The number of hydrogen-bond acceptors (Lipinski definition) is 5. The normalized spacial score (nSPS) is 18.2. The van der Waals surface area contributed by atoms with E-state index in [1.54, 1.807) is 6.20 Å². The second kappa shape index (κ2) is 8.78. The third-order valence-corrected chi connectivity index (χ3v) is 5.74. The first-order chi connectivity index (χ1) is 13.7. The number of nitrogens with one attached hydrogen (secondary N) is 1. The molecule has 1 saturated heterocycles. The Kier molecular flexibility index (Phi) is 5.95. The van der Waals surface area contributed by atoms with E-state index in [2.05, 4.69) is 15.2 Å². The van der Waals surface area contributed by atoms with Crippen molar-refractivity contribution in [1.29, 1.82) is 0 Å². The monoisotopic (exact) mass is 383 g/mol. The van der Waals surface area contributed by atoms with Gasteiger partial charge in [-0.05, 0) is 31.0 Å². The van der Waals surface area contributed by atoms with E-state index in [0.717, 1.165) is 56.5 Å². The summed E-state index contributed by atoms with van der Waals surface area (Å²) in [6, 6.07) is 5.81. The number of aromatic nitrogens is 1. The van der Waals surface area contributed by atoms with Gasteiger partial charge in [-0.15, -0.1) is 0 Å². The standard InChI is InChI=1S/C22H29N3O3/c1-2-19-18(14-20(28-19)16-6-4-3-5-7-16)22(26)24-17-8-9-21(23-15-17)25-10-12-27-13-11-25/h8-9,14-16H,2-7,10-13H2,1H3,(H,24,26). The van der Waals surface area contributed by atoms with Gasteiger partial charge >= 0.3 is 0 Å². The predicted octanol–water partition coefficient (Wildman–Crippen LogP) is 4.37. The van der Waals surface area contributed by atoms with Gasteiger partial charge in [-0.2, -0.15) is 0 Å². The van der Waals surface area contributed by atoms with Crippen molar-refractivity contribution in [2.75, 3.05) is 36.5 Å². The van der Waals surface area contributed by atoms with E-state index in [9.17, 15) is 4.79 Å². The van der Waals surface area contributed by atoms with Crippen LogP contribution in [-0.4, -0.2) is 37.2 Å². The Bertz CT molecular complexity index is 788. The van der Waals surface area contributed by atoms with Crippen molar-refractivity contribution in [2.24, 2.45) is 0 Å². The van der Waals surface area contributed by atoms with Crippen LogP contribution in [0.4, 0.5) is 11.5 Å². The SMILES string of the molecule is CCc1oc(C2CCCCC2)cc1C(=O)Nc1ccc(N2CCOCC2)nc1. The van der Waals surface area contributed by atoms with Crippen LogP contribution < -0.4 is 10.2 Å². The number of carbonyl (C=O) groups excluding carboxylic acids is 1. The fraction of sp³-hybridized carbons (Fsp3) is 0.545. The van der Waals surface area contributed by atoms with Crippen molar-refractivity contribution < 1.29 is 13.9 Å². The van der Waals surface area contributed by atoms with Gasteiger partial charge in [0, 0.05) is 25.4 Å². The van der Waals surface area contributed by atoms with Crippen molar-refractivity contribution >= 4 is 17.4 Å². The van der Waals surface area contributed by atoms with Gasteiger partial charge in [-0.1, -0.05) is 26.2 Å². The number of morpholine rings is 1. The van der Waals surface area contributed by atoms with Gasteiger partial charge in [0.1, 0.15) is 17.3 Å². The molecule has 0 radical (unpaired) electrons. The molecule has 2 aliphatic rings. The number of amides is 1. The molecule has 0 spiro atoms. The number of aryl methyl sites for hydroxylation is 1. The zero-order chi connectivity index (χ0) is 19.3. The maximum atomic E-state index is 12.9. The van der Waals surface area contributed by atoms with Crippen molar-refractivity contribution in [1.82, 2.24) is 4.98 Å². The average Bonchev–Trinajstić information content (AvgIpc) is 3.20. The van der Waals surface area contributed by atoms with E-state index < -0.39 is 0 Å². The molecule has 3 heterocycles. The summed E-state index contributed by atoms with van der Waals surface area (Å²) in [7, 11) is 0. The summed E-state index contributed by atoms with van der Waals surface area (Å²) >= 11 is 0. The van der Waals surface area contributed by atoms with Gasteiger partial charge in [-0.25, -0.2) is 4.98 Å². The van der Waals surface area contributed by atoms with Gasteiger partial charge in [0.15, 0.2) is 0 Å². The molecule has 0 bridgehead atoms. The van der Waals surface area contributed by atoms with E-state index in [1.165, 1.54) is 19.3 Å². The highest BCUT2D eigenvalue weighted by molar-refractivity contribution is 6.05. The molecule has 150 valence electrons. The molecule has 1 amide bonds. The lowest BCUT2D eigenvalue weighted by atomic mass is 9.87. The second-order valence-electron chi connectivity index (χ2n) is 7.63. The van der Waals surface area contributed by atoms with Gasteiger partial charge in [-0.3, -0.25) is 4.79 Å². The molecule has 1 aliphatic heterocycles. The van der Waals surface area contributed by atoms with E-state index in [-0.39, 0.29) is 5.91 Å². The molecule has 0 unspecified atom stereocenters. The summed E-state index contributed by atoms with van der Waals surface area (Å²) in [5.41, 5.74) is 1.35. The molecule has 4 rings (SSSR count). The van der Waals surface area contributed by atoms with Gasteiger partial charge in [0.05, 0.1) is 30.7 Å². The van der Waals surface area contributed by atoms with Crippen molar-refractivity contribution in [3.05, 3.63) is 41.5 Å². The summed E-state index contributed by atoms with van der Waals surface area (Å²) in [6.45, 7) is 5.17. The van der Waals surface area contributed by atoms with Crippen LogP contribution in [-0.2, 0) is 11.2 Å². The Morgan fingerprint density at radius 3 is 2.68 bits per heavy atom. The third kappa shape index (κ3) is 4.22. The van der Waals surface area contributed by atoms with Crippen LogP contribution in [0.15, 0.2) is 28.8 Å². The fourth-order valence-corrected chi connectivity index (χ4v) is 4.13. The summed E-state index contributed by atoms with van der Waals surface area (Å²) in [6.07, 6.45) is 8.54. The van der Waals surface area contributed by atoms with Crippen LogP contribution >= 0.6 is 0 Å². The van der Waals surface area contributed by atoms with Crippen LogP contribution in [0.1, 0.15) is 66.8 Å². The summed E-state index contributed by atoms with van der Waals surface area (Å²) in [4.78, 5) is 19.5. The molecule has 2 fully saturated rings. The molecular formula is C22H29N3O3. The molecule has 28 heavy (non-hydrogen) atoms. The maximum Gasteiger partial charge on any atom is 0.259 e. The molecule has 1 aliphatic carbocycles. The average molecular weight is 383 g/mol. The number of anilines is 2. The van der Waals surface area contributed by atoms with Crippen LogP contribution in [0.2, 0.25) is 0 Å². The number of carbonyl (C=O) groups is 1. The predicted molar refractivity (Wildman–Crippen MR) is 109 cm³/mol. The number of rotatable bonds is 5. The molecular weight excluding hydrogens is 354 g/mol. The minimum Gasteiger partial charge on any atom is -0.465 e. The zero-order valence-electron chi connectivity index (χ0n) is 16.6. The van der Waals surface area contributed by atoms with Crippen LogP contribution in [0.3, 0.4) is 0 Å². The lowest BCUT2D eigenvalue weighted by Gasteiger charge is -2.27. The smallest absolute Gasteiger partial charge is 0.259 e. The Balaban J connectivity index is 1.44. The van der Waals surface area contributed by atoms with Crippen molar-refractivity contribution in [3.8, 4) is 0 Å². The Morgan fingerprint density at radius 2 is 2.00 bits per heavy atom. The number of ether oxygens (including phenoxy) is 1. The van der Waals surface area contributed by atoms with Gasteiger partial charge in [0.25, 0.3) is 5.91 Å². The fourth-order valence-electron chi connectivity index (χ4n) is 4.13. The van der Waals surface area contributed by atoms with Crippen LogP contribution in [0.25, 0.3) is 0 Å². The molecule has 2 aromatic heterocycles. The molecule has 1 N–H and O–H groups in total. The minimum atomic E-state index is -0.122. The first-order valence-electron chi connectivity index (χ1n) is 10.5. The Hall–Kier alpha value is -2.34. The first-order valence-corrected chi connectivity index (χ1v) is 10.5. The highest BCUT2D eigenvalue weighted by Crippen LogP contribution is 2.35. The summed E-state index contributed by atoms with van der Waals surface area (Å²) < 4.78 is 11.4. The van der Waals surface area contributed by atoms with E-state index in [1.807, 2.05) is 25.1 Å². The zero-order valence-corrected chi connectivity index (χ0v) is 16.6. The topological polar surface area (TPSA) is 67.6 Å². The first kappa shape index (κ1) is 19.0. The largest absolute Gasteiger partial charge is 0.465 e. The second-order valence-corrected chi connectivity index (χ2v) is 7.63. The minimum absolute atomic E-state index is 0.122. The molecule has 0 atom stereocenters. The highest BCUT2D eigenvalue weighted by atomic mass is 16.5. The molecule has 6 nitrogen and oxygen atoms in total. The van der Waals surface area contributed by atoms with Crippen LogP contribution in [0, 0.1) is 0 Å². The lowest BCUT2D eigenvalue weighted by Crippen LogP contribution is -2.36. The lowest BCUT2D eigenvalue weighted by molar-refractivity contribution is 0.102. The highest BCUT2D eigenvalue weighted by Gasteiger charge is 2.24. The van der Waals surface area contributed by atoms with Crippen molar-refractivity contribution in [3.63, 3.8) is 0 Å². The summed E-state index contributed by atoms with van der Waals surface area (Å²) in [5.74, 6) is 3.00. The number of pyridine rings is 1. The van der Waals surface area contributed by atoms with Gasteiger partial charge < -0.3 is 19.4 Å². The molecule has 0 aromatic carbocycles. The van der Waals surface area contributed by atoms with Crippen molar-refractivity contribution in [2.45, 2.75) is 51.4 Å². The van der Waals surface area contributed by atoms with E-state index in [4.69, 9.17) is 9.15 Å². The van der Waals surface area contributed by atoms with Crippen LogP contribution in [0.5, 0.6) is 0 Å².